The Morgan fingerprint density at radius 3 is 2.62 bits per heavy atom. The molecule has 1 aliphatic rings. The van der Waals surface area contributed by atoms with E-state index < -0.39 is 0 Å². The van der Waals surface area contributed by atoms with Crippen molar-refractivity contribution in [2.75, 3.05) is 11.9 Å². The van der Waals surface area contributed by atoms with Gasteiger partial charge < -0.3 is 4.90 Å². The van der Waals surface area contributed by atoms with E-state index in [9.17, 15) is 4.79 Å². The number of halogens is 2. The average molecular weight is 303 g/mol. The molecule has 16 heavy (non-hydrogen) atoms. The highest BCUT2D eigenvalue weighted by Crippen LogP contribution is 2.22. The van der Waals surface area contributed by atoms with Crippen LogP contribution in [0.1, 0.15) is 12.0 Å². The summed E-state index contributed by atoms with van der Waals surface area (Å²) in [5.41, 5.74) is 1.13. The zero-order valence-electron chi connectivity index (χ0n) is 8.83. The molecule has 1 aromatic carbocycles. The predicted molar refractivity (Wildman–Crippen MR) is 68.8 cm³/mol. The van der Waals surface area contributed by atoms with Gasteiger partial charge in [0.05, 0.1) is 0 Å². The van der Waals surface area contributed by atoms with E-state index in [1.807, 2.05) is 29.2 Å². The number of amides is 1. The van der Waals surface area contributed by atoms with Gasteiger partial charge in [0.15, 0.2) is 0 Å². The first kappa shape index (κ1) is 11.9. The molecule has 1 heterocycles. The first-order chi connectivity index (χ1) is 7.69. The summed E-state index contributed by atoms with van der Waals surface area (Å²) >= 11 is 9.25. The summed E-state index contributed by atoms with van der Waals surface area (Å²) in [6.45, 7) is 1.55. The minimum Gasteiger partial charge on any atom is -0.338 e. The van der Waals surface area contributed by atoms with Crippen molar-refractivity contribution in [3.05, 3.63) is 34.9 Å². The molecule has 4 heteroatoms. The molecule has 86 valence electrons. The van der Waals surface area contributed by atoms with E-state index in [0.29, 0.717) is 18.9 Å². The third kappa shape index (κ3) is 2.77. The number of carbonyl (C=O) groups is 1. The van der Waals surface area contributed by atoms with Gasteiger partial charge in [-0.3, -0.25) is 4.79 Å². The molecule has 0 aliphatic carbocycles. The normalized spacial score (nSPS) is 20.5. The number of rotatable bonds is 3. The summed E-state index contributed by atoms with van der Waals surface area (Å²) in [5, 5.41) is 1.63. The lowest BCUT2D eigenvalue weighted by molar-refractivity contribution is -0.128. The Bertz CT molecular complexity index is 379. The molecular weight excluding hydrogens is 289 g/mol. The molecule has 0 aromatic heterocycles. The van der Waals surface area contributed by atoms with Crippen LogP contribution in [0.5, 0.6) is 0 Å². The van der Waals surface area contributed by atoms with Crippen LogP contribution in [0, 0.1) is 5.92 Å². The number of likely N-dealkylation sites (tertiary alicyclic amines) is 1. The molecule has 1 fully saturated rings. The van der Waals surface area contributed by atoms with Gasteiger partial charge in [0.2, 0.25) is 5.91 Å². The lowest BCUT2D eigenvalue weighted by Gasteiger charge is -2.16. The third-order valence-electron chi connectivity index (χ3n) is 2.80. The Morgan fingerprint density at radius 1 is 1.38 bits per heavy atom. The Hall–Kier alpha value is -0.540. The van der Waals surface area contributed by atoms with Crippen LogP contribution < -0.4 is 0 Å². The fraction of sp³-hybridized carbons (Fsp3) is 0.417. The minimum absolute atomic E-state index is 0.249. The van der Waals surface area contributed by atoms with Crippen molar-refractivity contribution in [1.82, 2.24) is 4.90 Å². The highest BCUT2D eigenvalue weighted by Gasteiger charge is 2.28. The second kappa shape index (κ2) is 5.19. The van der Waals surface area contributed by atoms with Crippen LogP contribution in [0.2, 0.25) is 5.02 Å². The highest BCUT2D eigenvalue weighted by atomic mass is 79.9. The largest absolute Gasteiger partial charge is 0.338 e. The number of nitrogens with zero attached hydrogens (tertiary/aromatic N) is 1. The topological polar surface area (TPSA) is 20.3 Å². The number of hydrogen-bond donors (Lipinski definition) is 0. The molecule has 1 atom stereocenters. The van der Waals surface area contributed by atoms with Gasteiger partial charge in [-0.25, -0.2) is 0 Å². The van der Waals surface area contributed by atoms with Crippen molar-refractivity contribution < 1.29 is 4.79 Å². The van der Waals surface area contributed by atoms with Crippen LogP contribution in [0.3, 0.4) is 0 Å². The number of hydrogen-bond acceptors (Lipinski definition) is 1. The quantitative estimate of drug-likeness (QED) is 0.786. The van der Waals surface area contributed by atoms with Gasteiger partial charge in [0.25, 0.3) is 0 Å². The fourth-order valence-electron chi connectivity index (χ4n) is 1.92. The molecule has 1 amide bonds. The SMILES string of the molecule is O=C1CC(CBr)CN1Cc1ccc(Cl)cc1. The number of alkyl halides is 1. The molecule has 0 radical (unpaired) electrons. The summed E-state index contributed by atoms with van der Waals surface area (Å²) in [4.78, 5) is 13.6. The monoisotopic (exact) mass is 301 g/mol. The zero-order valence-corrected chi connectivity index (χ0v) is 11.2. The summed E-state index contributed by atoms with van der Waals surface area (Å²) in [7, 11) is 0. The van der Waals surface area contributed by atoms with Crippen LogP contribution in [-0.2, 0) is 11.3 Å². The zero-order chi connectivity index (χ0) is 11.5. The van der Waals surface area contributed by atoms with Crippen LogP contribution in [0.4, 0.5) is 0 Å². The van der Waals surface area contributed by atoms with Crippen molar-refractivity contribution in [1.29, 1.82) is 0 Å². The lowest BCUT2D eigenvalue weighted by Crippen LogP contribution is -2.24. The van der Waals surface area contributed by atoms with E-state index in [1.54, 1.807) is 0 Å². The third-order valence-corrected chi connectivity index (χ3v) is 3.97. The Morgan fingerprint density at radius 2 is 2.06 bits per heavy atom. The van der Waals surface area contributed by atoms with Crippen LogP contribution in [0.25, 0.3) is 0 Å². The predicted octanol–water partition coefficient (Wildman–Crippen LogP) is 3.08. The minimum atomic E-state index is 0.249. The van der Waals surface area contributed by atoms with Crippen LogP contribution in [0.15, 0.2) is 24.3 Å². The van der Waals surface area contributed by atoms with Crippen LogP contribution in [-0.4, -0.2) is 22.7 Å². The van der Waals surface area contributed by atoms with Crippen molar-refractivity contribution in [3.8, 4) is 0 Å². The van der Waals surface area contributed by atoms with Crippen molar-refractivity contribution in [2.45, 2.75) is 13.0 Å². The van der Waals surface area contributed by atoms with E-state index >= 15 is 0 Å². The number of benzene rings is 1. The fourth-order valence-corrected chi connectivity index (χ4v) is 2.48. The van der Waals surface area contributed by atoms with E-state index in [1.165, 1.54) is 0 Å². The molecule has 1 aliphatic heterocycles. The van der Waals surface area contributed by atoms with Gasteiger partial charge in [-0.15, -0.1) is 0 Å². The molecule has 1 aromatic rings. The average Bonchev–Trinajstić information content (AvgIpc) is 2.63. The maximum Gasteiger partial charge on any atom is 0.223 e. The maximum atomic E-state index is 11.7. The van der Waals surface area contributed by atoms with Crippen molar-refractivity contribution in [3.63, 3.8) is 0 Å². The molecule has 0 saturated carbocycles. The summed E-state index contributed by atoms with van der Waals surface area (Å²) in [5.74, 6) is 0.708. The van der Waals surface area contributed by atoms with Gasteiger partial charge in [0, 0.05) is 29.9 Å². The van der Waals surface area contributed by atoms with Crippen molar-refractivity contribution in [2.24, 2.45) is 5.92 Å². The molecule has 2 rings (SSSR count). The molecular formula is C12H13BrClNO. The summed E-state index contributed by atoms with van der Waals surface area (Å²) in [6.07, 6.45) is 0.666. The van der Waals surface area contributed by atoms with E-state index in [4.69, 9.17) is 11.6 Å². The molecule has 1 unspecified atom stereocenters. The second-order valence-electron chi connectivity index (χ2n) is 4.13. The smallest absolute Gasteiger partial charge is 0.223 e. The van der Waals surface area contributed by atoms with E-state index in [2.05, 4.69) is 15.9 Å². The second-order valence-corrected chi connectivity index (χ2v) is 5.21. The Balaban J connectivity index is 2.00. The van der Waals surface area contributed by atoms with E-state index in [0.717, 1.165) is 22.5 Å². The molecule has 1 saturated heterocycles. The first-order valence-corrected chi connectivity index (χ1v) is 6.77. The molecule has 2 nitrogen and oxygen atoms in total. The van der Waals surface area contributed by atoms with Crippen LogP contribution >= 0.6 is 27.5 Å². The van der Waals surface area contributed by atoms with E-state index in [-0.39, 0.29) is 5.91 Å². The maximum absolute atomic E-state index is 11.7. The first-order valence-electron chi connectivity index (χ1n) is 5.27. The summed E-state index contributed by atoms with van der Waals surface area (Å²) in [6, 6.07) is 7.66. The van der Waals surface area contributed by atoms with Gasteiger partial charge >= 0.3 is 0 Å². The molecule has 0 N–H and O–H groups in total. The molecule has 0 bridgehead atoms. The van der Waals surface area contributed by atoms with Crippen molar-refractivity contribution >= 4 is 33.4 Å². The number of carbonyl (C=O) groups excluding carboxylic acids is 1. The lowest BCUT2D eigenvalue weighted by atomic mass is 10.2. The van der Waals surface area contributed by atoms with Gasteiger partial charge in [0.1, 0.15) is 0 Å². The van der Waals surface area contributed by atoms with Gasteiger partial charge in [-0.1, -0.05) is 39.7 Å². The van der Waals surface area contributed by atoms with Gasteiger partial charge in [-0.2, -0.15) is 0 Å². The Kier molecular flexibility index (Phi) is 3.87. The molecule has 0 spiro atoms. The highest BCUT2D eigenvalue weighted by molar-refractivity contribution is 9.09. The van der Waals surface area contributed by atoms with Gasteiger partial charge in [-0.05, 0) is 23.6 Å². The summed E-state index contributed by atoms with van der Waals surface area (Å²) < 4.78 is 0. The Labute approximate surface area is 109 Å². The standard InChI is InChI=1S/C12H13BrClNO/c13-6-10-5-12(16)15(8-10)7-9-1-3-11(14)4-2-9/h1-4,10H,5-8H2.